The minimum atomic E-state index is -0.570. The Kier molecular flexibility index (Phi) is 13.8. The average molecular weight is 897 g/mol. The first-order valence-corrected chi connectivity index (χ1v) is 22.8. The van der Waals surface area contributed by atoms with Crippen molar-refractivity contribution in [3.05, 3.63) is 90.4 Å². The van der Waals surface area contributed by atoms with E-state index in [0.29, 0.717) is 36.7 Å². The predicted octanol–water partition coefficient (Wildman–Crippen LogP) is 7.90. The van der Waals surface area contributed by atoms with Crippen LogP contribution in [0.25, 0.3) is 33.6 Å². The highest BCUT2D eigenvalue weighted by atomic mass is 16.5. The van der Waals surface area contributed by atoms with Crippen molar-refractivity contribution in [3.63, 3.8) is 0 Å². The van der Waals surface area contributed by atoms with Gasteiger partial charge in [-0.15, -0.1) is 0 Å². The summed E-state index contributed by atoms with van der Waals surface area (Å²) in [5.41, 5.74) is 6.76. The molecule has 6 aromatic rings. The molecule has 346 valence electrons. The van der Waals surface area contributed by atoms with E-state index in [9.17, 15) is 9.59 Å². The quantitative estimate of drug-likeness (QED) is 0.0689. The molecular weight excluding hydrogens is 837 g/mol. The van der Waals surface area contributed by atoms with Crippen molar-refractivity contribution in [1.82, 2.24) is 49.7 Å². The lowest BCUT2D eigenvalue weighted by Gasteiger charge is -2.30. The van der Waals surface area contributed by atoms with Gasteiger partial charge in [-0.3, -0.25) is 9.59 Å². The number of H-pyrrole nitrogens is 2. The molecule has 0 bridgehead atoms. The fourth-order valence-corrected chi connectivity index (χ4v) is 8.78. The number of hydrogen-bond donors (Lipinski definition) is 4. The number of benzene rings is 2. The van der Waals surface area contributed by atoms with Crippen molar-refractivity contribution in [3.8, 4) is 51.3 Å². The zero-order chi connectivity index (χ0) is 46.5. The molecular formula is C49H60N12O5. The van der Waals surface area contributed by atoms with E-state index in [4.69, 9.17) is 24.2 Å². The zero-order valence-electron chi connectivity index (χ0n) is 39.0. The van der Waals surface area contributed by atoms with E-state index in [0.717, 1.165) is 83.1 Å². The molecule has 0 unspecified atom stereocenters. The Labute approximate surface area is 385 Å². The van der Waals surface area contributed by atoms with Gasteiger partial charge in [0.05, 0.1) is 63.3 Å². The summed E-state index contributed by atoms with van der Waals surface area (Å²) in [4.78, 5) is 66.6. The number of amides is 2. The van der Waals surface area contributed by atoms with E-state index in [2.05, 4.69) is 89.1 Å². The summed E-state index contributed by atoms with van der Waals surface area (Å²) in [7, 11) is 4.63. The number of imidazole rings is 2. The summed E-state index contributed by atoms with van der Waals surface area (Å²) < 4.78 is 16.0. The van der Waals surface area contributed by atoms with Gasteiger partial charge < -0.3 is 44.6 Å². The molecule has 0 aliphatic carbocycles. The largest absolute Gasteiger partial charge is 0.481 e. The highest BCUT2D eigenvalue weighted by Gasteiger charge is 2.39. The Hall–Kier alpha value is -7.04. The second kappa shape index (κ2) is 20.0. The molecule has 17 heteroatoms. The summed E-state index contributed by atoms with van der Waals surface area (Å²) in [6, 6.07) is 18.7. The summed E-state index contributed by atoms with van der Waals surface area (Å²) in [5.74, 6) is 3.23. The number of aromatic amines is 2. The van der Waals surface area contributed by atoms with Crippen LogP contribution < -0.4 is 24.8 Å². The number of anilines is 2. The average Bonchev–Trinajstić information content (AvgIpc) is 4.19. The van der Waals surface area contributed by atoms with Gasteiger partial charge in [-0.2, -0.15) is 15.0 Å². The molecule has 0 saturated carbocycles. The van der Waals surface area contributed by atoms with Crippen LogP contribution in [0.2, 0.25) is 0 Å². The SMILES string of the molecule is CCc1cc(OC)nc(N[C@H](C(=O)N2CCC[C@H]2c2ncc(-c3ccc(-c4ccc(-c5cnc([C@@H]6CCCN6C(=O)[C@@H](Nc6nc(OC)cc(OC)n6)C(C)C)[nH]5)cc4)cc3)[nH]2)C(C)C)n1. The zero-order valence-corrected chi connectivity index (χ0v) is 39.0. The first-order valence-electron chi connectivity index (χ1n) is 22.8. The third kappa shape index (κ3) is 9.79. The normalized spacial score (nSPS) is 17.0. The monoisotopic (exact) mass is 896 g/mol. The Morgan fingerprint density at radius 2 is 1.02 bits per heavy atom. The summed E-state index contributed by atoms with van der Waals surface area (Å²) in [5, 5.41) is 6.56. The molecule has 2 aliphatic rings. The number of methoxy groups -OCH3 is 3. The van der Waals surface area contributed by atoms with Crippen molar-refractivity contribution in [2.45, 2.75) is 90.9 Å². The van der Waals surface area contributed by atoms with Gasteiger partial charge in [0.1, 0.15) is 23.7 Å². The van der Waals surface area contributed by atoms with Crippen LogP contribution in [0, 0.1) is 11.8 Å². The van der Waals surface area contributed by atoms with E-state index >= 15 is 0 Å². The smallest absolute Gasteiger partial charge is 0.246 e. The van der Waals surface area contributed by atoms with Gasteiger partial charge in [-0.25, -0.2) is 15.0 Å². The maximum absolute atomic E-state index is 14.1. The number of likely N-dealkylation sites (tertiary alicyclic amines) is 2. The Bertz CT molecular complexity index is 2390. The minimum Gasteiger partial charge on any atom is -0.481 e. The standard InChI is InChI=1S/C49H60N12O5/c1-9-34-24-39(64-6)55-48(52-34)58-42(28(2)3)46(62)60-22-10-12-37(60)44-50-26-35(53-44)32-18-14-30(15-19-32)31-16-20-33(21-17-31)36-27-51-45(54-36)38-13-11-23-61(38)47(63)43(29(4)5)59-49-56-40(65-7)25-41(57-49)66-8/h14-21,24-29,37-38,42-43H,9-13,22-23H2,1-8H3,(H,50,53)(H,51,54)(H,52,55,58)(H,56,57,59)/t37-,38-,42-,43-/m0/s1. The van der Waals surface area contributed by atoms with Crippen LogP contribution in [0.5, 0.6) is 17.6 Å². The fourth-order valence-electron chi connectivity index (χ4n) is 8.78. The first kappa shape index (κ1) is 45.5. The van der Waals surface area contributed by atoms with Crippen LogP contribution in [0.15, 0.2) is 73.1 Å². The Morgan fingerprint density at radius 3 is 1.41 bits per heavy atom. The number of carbonyl (C=O) groups excluding carboxylic acids is 2. The van der Waals surface area contributed by atoms with Gasteiger partial charge in [-0.1, -0.05) is 83.1 Å². The molecule has 8 rings (SSSR count). The molecule has 2 fully saturated rings. The lowest BCUT2D eigenvalue weighted by Crippen LogP contribution is -2.45. The lowest BCUT2D eigenvalue weighted by atomic mass is 10.0. The molecule has 0 spiro atoms. The van der Waals surface area contributed by atoms with Crippen LogP contribution in [0.1, 0.15) is 89.7 Å². The molecule has 4 aromatic heterocycles. The molecule has 0 radical (unpaired) electrons. The first-order chi connectivity index (χ1) is 32.0. The lowest BCUT2D eigenvalue weighted by molar-refractivity contribution is -0.134. The number of carbonyl (C=O) groups is 2. The van der Waals surface area contributed by atoms with Gasteiger partial charge in [-0.05, 0) is 66.2 Å². The van der Waals surface area contributed by atoms with Gasteiger partial charge in [0, 0.05) is 24.8 Å². The third-order valence-electron chi connectivity index (χ3n) is 12.5. The molecule has 17 nitrogen and oxygen atoms in total. The fraction of sp³-hybridized carbons (Fsp3) is 0.429. The van der Waals surface area contributed by atoms with Crippen LogP contribution >= 0.6 is 0 Å². The maximum atomic E-state index is 14.1. The number of aryl methyl sites for hydroxylation is 1. The molecule has 2 aromatic carbocycles. The van der Waals surface area contributed by atoms with E-state index in [1.54, 1.807) is 13.2 Å². The second-order valence-electron chi connectivity index (χ2n) is 17.5. The topological polar surface area (TPSA) is 201 Å². The van der Waals surface area contributed by atoms with Gasteiger partial charge >= 0.3 is 0 Å². The highest BCUT2D eigenvalue weighted by molar-refractivity contribution is 5.86. The van der Waals surface area contributed by atoms with Gasteiger partial charge in [0.25, 0.3) is 0 Å². The van der Waals surface area contributed by atoms with Crippen molar-refractivity contribution < 1.29 is 23.8 Å². The molecule has 2 aliphatic heterocycles. The molecule has 4 atom stereocenters. The third-order valence-corrected chi connectivity index (χ3v) is 12.5. The molecule has 4 N–H and O–H groups in total. The Morgan fingerprint density at radius 1 is 0.621 bits per heavy atom. The molecule has 66 heavy (non-hydrogen) atoms. The summed E-state index contributed by atoms with van der Waals surface area (Å²) >= 11 is 0. The Balaban J connectivity index is 0.909. The maximum Gasteiger partial charge on any atom is 0.246 e. The number of ether oxygens (including phenoxy) is 3. The number of nitrogens with zero attached hydrogens (tertiary/aromatic N) is 8. The minimum absolute atomic E-state index is 0.00141. The van der Waals surface area contributed by atoms with Crippen molar-refractivity contribution >= 4 is 23.7 Å². The molecule has 6 heterocycles. The van der Waals surface area contributed by atoms with E-state index in [-0.39, 0.29) is 41.7 Å². The van der Waals surface area contributed by atoms with E-state index < -0.39 is 12.1 Å². The van der Waals surface area contributed by atoms with Crippen molar-refractivity contribution in [2.75, 3.05) is 45.1 Å². The van der Waals surface area contributed by atoms with Gasteiger partial charge in [0.15, 0.2) is 0 Å². The van der Waals surface area contributed by atoms with Crippen LogP contribution in [0.4, 0.5) is 11.9 Å². The van der Waals surface area contributed by atoms with Crippen LogP contribution in [-0.2, 0) is 16.0 Å². The number of aromatic nitrogens is 8. The number of hydrogen-bond acceptors (Lipinski definition) is 13. The van der Waals surface area contributed by atoms with E-state index in [1.165, 1.54) is 14.2 Å². The second-order valence-corrected chi connectivity index (χ2v) is 17.5. The number of rotatable bonds is 17. The summed E-state index contributed by atoms with van der Waals surface area (Å²) in [6.07, 6.45) is 7.80. The predicted molar refractivity (Wildman–Crippen MR) is 252 cm³/mol. The van der Waals surface area contributed by atoms with Crippen LogP contribution in [0.3, 0.4) is 0 Å². The molecule has 2 amide bonds. The van der Waals surface area contributed by atoms with Crippen LogP contribution in [-0.4, -0.2) is 108 Å². The van der Waals surface area contributed by atoms with Crippen molar-refractivity contribution in [1.29, 1.82) is 0 Å². The highest BCUT2D eigenvalue weighted by Crippen LogP contribution is 2.36. The molecule has 2 saturated heterocycles. The van der Waals surface area contributed by atoms with Gasteiger partial charge in [0.2, 0.25) is 41.4 Å². The summed E-state index contributed by atoms with van der Waals surface area (Å²) in [6.45, 7) is 11.3. The van der Waals surface area contributed by atoms with Crippen molar-refractivity contribution in [2.24, 2.45) is 11.8 Å². The van der Waals surface area contributed by atoms with E-state index in [1.807, 2.05) is 62.9 Å². The number of nitrogens with one attached hydrogen (secondary N) is 4.